The zero-order chi connectivity index (χ0) is 13.6. The van der Waals surface area contributed by atoms with Crippen molar-refractivity contribution in [2.45, 2.75) is 0 Å². The third-order valence-corrected chi connectivity index (χ3v) is 7.67. The van der Waals surface area contributed by atoms with Gasteiger partial charge in [-0.3, -0.25) is 9.59 Å². The van der Waals surface area contributed by atoms with Gasteiger partial charge in [-0.2, -0.15) is 0 Å². The van der Waals surface area contributed by atoms with E-state index in [4.69, 9.17) is 0 Å². The quantitative estimate of drug-likeness (QED) is 0.772. The average molecular weight is 327 g/mol. The van der Waals surface area contributed by atoms with E-state index in [2.05, 4.69) is 10.8 Å². The molecule has 0 fully saturated rings. The fraction of sp³-hybridized carbons (Fsp3) is 0.167. The van der Waals surface area contributed by atoms with E-state index >= 15 is 0 Å². The van der Waals surface area contributed by atoms with Crippen molar-refractivity contribution in [3.63, 3.8) is 0 Å². The predicted octanol–water partition coefficient (Wildman–Crippen LogP) is 3.20. The van der Waals surface area contributed by atoms with Gasteiger partial charge < -0.3 is 4.90 Å². The Hall–Kier alpha value is -0.500. The molecule has 0 aliphatic carbocycles. The van der Waals surface area contributed by atoms with Gasteiger partial charge in [0.2, 0.25) is 10.9 Å². The average Bonchev–Trinajstić information content (AvgIpc) is 3.03. The van der Waals surface area contributed by atoms with Gasteiger partial charge in [0.05, 0.1) is 14.0 Å². The molecule has 1 aromatic rings. The molecule has 2 aliphatic rings. The Labute approximate surface area is 127 Å². The first-order valence-electron chi connectivity index (χ1n) is 5.38. The SMILES string of the molecule is CN(C)c1c(C2=CSC(=C3SC=CS3)S2)c(=O)c1=O. The van der Waals surface area contributed by atoms with Gasteiger partial charge in [0.15, 0.2) is 0 Å². The molecule has 0 bridgehead atoms. The predicted molar refractivity (Wildman–Crippen MR) is 90.2 cm³/mol. The maximum atomic E-state index is 11.8. The molecule has 3 nitrogen and oxygen atoms in total. The summed E-state index contributed by atoms with van der Waals surface area (Å²) in [6, 6.07) is 0. The van der Waals surface area contributed by atoms with Crippen LogP contribution >= 0.6 is 47.0 Å². The van der Waals surface area contributed by atoms with Crippen molar-refractivity contribution in [3.8, 4) is 0 Å². The first-order chi connectivity index (χ1) is 9.09. The van der Waals surface area contributed by atoms with Gasteiger partial charge in [-0.25, -0.2) is 0 Å². The molecule has 0 unspecified atom stereocenters. The molecule has 3 rings (SSSR count). The Morgan fingerprint density at radius 3 is 2.26 bits per heavy atom. The van der Waals surface area contributed by atoms with Gasteiger partial charge in [0, 0.05) is 19.0 Å². The summed E-state index contributed by atoms with van der Waals surface area (Å²) in [5.74, 6) is 0. The minimum absolute atomic E-state index is 0.362. The zero-order valence-electron chi connectivity index (χ0n) is 10.1. The number of thioether (sulfide) groups is 4. The van der Waals surface area contributed by atoms with Crippen molar-refractivity contribution in [1.82, 2.24) is 0 Å². The third-order valence-electron chi connectivity index (χ3n) is 2.63. The van der Waals surface area contributed by atoms with E-state index in [1.54, 1.807) is 66.0 Å². The molecule has 7 heteroatoms. The topological polar surface area (TPSA) is 37.4 Å². The standard InChI is InChI=1S/C12H9NO2S4/c1-13(2)8-7(9(14)10(8)15)6-5-18-12(19-6)11-16-3-4-17-11/h3-5H,1-2H3. The smallest absolute Gasteiger partial charge is 0.250 e. The van der Waals surface area contributed by atoms with E-state index in [9.17, 15) is 9.59 Å². The second-order valence-electron chi connectivity index (χ2n) is 4.06. The molecule has 2 heterocycles. The fourth-order valence-corrected chi connectivity index (χ4v) is 6.29. The van der Waals surface area contributed by atoms with E-state index in [1.165, 1.54) is 8.47 Å². The van der Waals surface area contributed by atoms with E-state index in [-0.39, 0.29) is 10.9 Å². The minimum atomic E-state index is -0.376. The van der Waals surface area contributed by atoms with Gasteiger partial charge in [0.25, 0.3) is 0 Å². The van der Waals surface area contributed by atoms with Crippen LogP contribution in [-0.2, 0) is 0 Å². The molecule has 98 valence electrons. The Morgan fingerprint density at radius 1 is 0.947 bits per heavy atom. The van der Waals surface area contributed by atoms with Crippen molar-refractivity contribution < 1.29 is 0 Å². The summed E-state index contributed by atoms with van der Waals surface area (Å²) in [6.07, 6.45) is 0. The van der Waals surface area contributed by atoms with Crippen molar-refractivity contribution in [2.24, 2.45) is 0 Å². The fourth-order valence-electron chi connectivity index (χ4n) is 1.79. The number of anilines is 1. The molecule has 0 N–H and O–H groups in total. The third kappa shape index (κ3) is 2.22. The minimum Gasteiger partial charge on any atom is -0.374 e. The maximum Gasteiger partial charge on any atom is 0.250 e. The number of hydrogen-bond donors (Lipinski definition) is 0. The Balaban J connectivity index is 1.90. The van der Waals surface area contributed by atoms with Crippen LogP contribution in [0.15, 0.2) is 34.3 Å². The van der Waals surface area contributed by atoms with E-state index in [0.29, 0.717) is 11.3 Å². The normalized spacial score (nSPS) is 18.5. The highest BCUT2D eigenvalue weighted by Gasteiger charge is 2.29. The molecular formula is C12H9NO2S4. The highest BCUT2D eigenvalue weighted by Crippen LogP contribution is 2.55. The molecule has 0 saturated heterocycles. The summed E-state index contributed by atoms with van der Waals surface area (Å²) in [7, 11) is 3.58. The molecule has 2 aliphatic heterocycles. The first kappa shape index (κ1) is 13.5. The highest BCUT2D eigenvalue weighted by molar-refractivity contribution is 8.35. The molecule has 1 aromatic carbocycles. The van der Waals surface area contributed by atoms with Gasteiger partial charge in [0.1, 0.15) is 5.69 Å². The highest BCUT2D eigenvalue weighted by atomic mass is 32.2. The molecule has 0 amide bonds. The molecule has 0 saturated carbocycles. The van der Waals surface area contributed by atoms with E-state index in [0.717, 1.165) is 4.91 Å². The van der Waals surface area contributed by atoms with Crippen LogP contribution in [0.25, 0.3) is 4.91 Å². The summed E-state index contributed by atoms with van der Waals surface area (Å²) in [4.78, 5) is 26.0. The van der Waals surface area contributed by atoms with Crippen LogP contribution in [0.3, 0.4) is 0 Å². The Morgan fingerprint density at radius 2 is 1.63 bits per heavy atom. The molecular weight excluding hydrogens is 318 g/mol. The number of nitrogens with zero attached hydrogens (tertiary/aromatic N) is 1. The molecule has 0 aromatic heterocycles. The summed E-state index contributed by atoms with van der Waals surface area (Å²) in [5, 5.41) is 6.07. The second kappa shape index (κ2) is 5.12. The molecule has 0 radical (unpaired) electrons. The Bertz CT molecular complexity index is 698. The molecule has 0 spiro atoms. The van der Waals surface area contributed by atoms with E-state index in [1.807, 2.05) is 5.41 Å². The van der Waals surface area contributed by atoms with Crippen LogP contribution in [0, 0.1) is 0 Å². The van der Waals surface area contributed by atoms with Crippen LogP contribution in [0.2, 0.25) is 0 Å². The van der Waals surface area contributed by atoms with Crippen LogP contribution < -0.4 is 15.8 Å². The van der Waals surface area contributed by atoms with Gasteiger partial charge in [-0.05, 0) is 16.2 Å². The first-order valence-corrected chi connectivity index (χ1v) is 8.83. The number of hydrogen-bond acceptors (Lipinski definition) is 7. The number of rotatable bonds is 2. The van der Waals surface area contributed by atoms with Crippen molar-refractivity contribution >= 4 is 57.6 Å². The summed E-state index contributed by atoms with van der Waals surface area (Å²) in [6.45, 7) is 0. The molecule has 0 atom stereocenters. The van der Waals surface area contributed by atoms with Crippen LogP contribution in [0.1, 0.15) is 5.56 Å². The van der Waals surface area contributed by atoms with Crippen LogP contribution in [-0.4, -0.2) is 14.1 Å². The lowest BCUT2D eigenvalue weighted by molar-refractivity contribution is 1.09. The molecule has 19 heavy (non-hydrogen) atoms. The Kier molecular flexibility index (Phi) is 3.63. The lowest BCUT2D eigenvalue weighted by Gasteiger charge is -2.18. The monoisotopic (exact) mass is 327 g/mol. The van der Waals surface area contributed by atoms with Gasteiger partial charge >= 0.3 is 0 Å². The zero-order valence-corrected chi connectivity index (χ0v) is 13.4. The summed E-state index contributed by atoms with van der Waals surface area (Å²) < 4.78 is 2.43. The van der Waals surface area contributed by atoms with Crippen molar-refractivity contribution in [3.05, 3.63) is 50.7 Å². The van der Waals surface area contributed by atoms with E-state index < -0.39 is 0 Å². The van der Waals surface area contributed by atoms with Crippen LogP contribution in [0.5, 0.6) is 0 Å². The van der Waals surface area contributed by atoms with Gasteiger partial charge in [-0.1, -0.05) is 47.0 Å². The van der Waals surface area contributed by atoms with Gasteiger partial charge in [-0.15, -0.1) is 0 Å². The lowest BCUT2D eigenvalue weighted by atomic mass is 10.1. The lowest BCUT2D eigenvalue weighted by Crippen LogP contribution is -2.40. The summed E-state index contributed by atoms with van der Waals surface area (Å²) >= 11 is 6.60. The largest absolute Gasteiger partial charge is 0.374 e. The summed E-state index contributed by atoms with van der Waals surface area (Å²) in [5.41, 5.74) is 0.363. The van der Waals surface area contributed by atoms with Crippen molar-refractivity contribution in [1.29, 1.82) is 0 Å². The van der Waals surface area contributed by atoms with Crippen LogP contribution in [0.4, 0.5) is 5.69 Å². The second-order valence-corrected chi connectivity index (χ2v) is 8.34. The van der Waals surface area contributed by atoms with Crippen molar-refractivity contribution in [2.75, 3.05) is 19.0 Å². The maximum absolute atomic E-state index is 11.8.